The first kappa shape index (κ1) is 25.3. The maximum Gasteiger partial charge on any atom is 0.242 e. The van der Waals surface area contributed by atoms with Crippen LogP contribution in [0, 0.1) is 24.3 Å². The molecule has 2 amide bonds. The Labute approximate surface area is 169 Å². The van der Waals surface area contributed by atoms with Gasteiger partial charge in [0.25, 0.3) is 0 Å². The molecule has 0 spiro atoms. The molecule has 3 N–H and O–H groups in total. The van der Waals surface area contributed by atoms with Crippen molar-refractivity contribution in [1.29, 1.82) is 5.26 Å². The van der Waals surface area contributed by atoms with Crippen LogP contribution in [0.2, 0.25) is 0 Å². The molecular formula is C20H34N6O2. The summed E-state index contributed by atoms with van der Waals surface area (Å²) in [6, 6.07) is 0. The first-order valence-electron chi connectivity index (χ1n) is 9.62. The number of nitriles is 1. The monoisotopic (exact) mass is 390 g/mol. The summed E-state index contributed by atoms with van der Waals surface area (Å²) in [5.41, 5.74) is 5.06. The standard InChI is InChI=1S/C12H20N2O2.C6H12N4.C2H2/c15-11-6-2-1-3-9-14(11)10-12(16)13-7-4-5-8-13;1-6(2,3)10-5(8)9-4-7;1-2/h1-10H2;1-3H3,(H3,8,9,10);1-2H. The molecule has 0 aromatic heterocycles. The molecule has 2 aliphatic rings. The topological polar surface area (TPSA) is 115 Å². The van der Waals surface area contributed by atoms with Gasteiger partial charge in [0.1, 0.15) is 0 Å². The van der Waals surface area contributed by atoms with Gasteiger partial charge in [0.2, 0.25) is 17.8 Å². The second-order valence-electron chi connectivity index (χ2n) is 7.62. The molecule has 0 aliphatic carbocycles. The molecule has 8 heteroatoms. The van der Waals surface area contributed by atoms with E-state index in [-0.39, 0.29) is 23.3 Å². The zero-order valence-corrected chi connectivity index (χ0v) is 17.4. The predicted octanol–water partition coefficient (Wildman–Crippen LogP) is 1.43. The van der Waals surface area contributed by atoms with Gasteiger partial charge in [0.15, 0.2) is 6.19 Å². The fraction of sp³-hybridized carbons (Fsp3) is 0.700. The maximum absolute atomic E-state index is 11.9. The van der Waals surface area contributed by atoms with Crippen LogP contribution in [0.4, 0.5) is 0 Å². The van der Waals surface area contributed by atoms with Crippen molar-refractivity contribution in [3.8, 4) is 19.0 Å². The van der Waals surface area contributed by atoms with Crippen molar-refractivity contribution in [1.82, 2.24) is 15.1 Å². The molecule has 0 aromatic rings. The molecule has 2 aliphatic heterocycles. The second kappa shape index (κ2) is 13.4. The second-order valence-corrected chi connectivity index (χ2v) is 7.62. The number of hydrogen-bond acceptors (Lipinski definition) is 4. The van der Waals surface area contributed by atoms with Gasteiger partial charge < -0.3 is 15.5 Å². The van der Waals surface area contributed by atoms with Crippen molar-refractivity contribution in [2.75, 3.05) is 26.2 Å². The summed E-state index contributed by atoms with van der Waals surface area (Å²) in [5.74, 6) is 0.452. The number of amides is 2. The van der Waals surface area contributed by atoms with Crippen LogP contribution in [0.15, 0.2) is 4.99 Å². The third-order valence-corrected chi connectivity index (χ3v) is 4.10. The molecule has 156 valence electrons. The number of terminal acetylenes is 1. The van der Waals surface area contributed by atoms with Crippen molar-refractivity contribution in [2.24, 2.45) is 10.7 Å². The Hall–Kier alpha value is -2.74. The zero-order valence-electron chi connectivity index (χ0n) is 17.4. The van der Waals surface area contributed by atoms with E-state index in [4.69, 9.17) is 11.0 Å². The van der Waals surface area contributed by atoms with Crippen LogP contribution < -0.4 is 11.1 Å². The number of hydrogen-bond donors (Lipinski definition) is 2. The first-order valence-corrected chi connectivity index (χ1v) is 9.62. The molecule has 0 unspecified atom stereocenters. The van der Waals surface area contributed by atoms with Crippen LogP contribution in [-0.2, 0) is 9.59 Å². The quantitative estimate of drug-likeness (QED) is 0.243. The number of carbonyl (C=O) groups is 2. The molecule has 2 heterocycles. The largest absolute Gasteiger partial charge is 0.369 e. The highest BCUT2D eigenvalue weighted by molar-refractivity contribution is 5.85. The van der Waals surface area contributed by atoms with E-state index >= 15 is 0 Å². The fourth-order valence-corrected chi connectivity index (χ4v) is 2.88. The highest BCUT2D eigenvalue weighted by Gasteiger charge is 2.23. The van der Waals surface area contributed by atoms with Crippen molar-refractivity contribution < 1.29 is 9.59 Å². The number of nitrogens with zero attached hydrogens (tertiary/aromatic N) is 4. The lowest BCUT2D eigenvalue weighted by Gasteiger charge is -2.23. The summed E-state index contributed by atoms with van der Waals surface area (Å²) in [7, 11) is 0. The Balaban J connectivity index is 0.000000528. The molecule has 0 atom stereocenters. The van der Waals surface area contributed by atoms with Gasteiger partial charge in [-0.15, -0.1) is 12.8 Å². The molecule has 8 nitrogen and oxygen atoms in total. The van der Waals surface area contributed by atoms with E-state index in [1.165, 1.54) is 0 Å². The van der Waals surface area contributed by atoms with E-state index in [1.54, 1.807) is 11.1 Å². The van der Waals surface area contributed by atoms with Crippen LogP contribution >= 0.6 is 0 Å². The third-order valence-electron chi connectivity index (χ3n) is 4.10. The number of aliphatic imine (C=N–C) groups is 1. The van der Waals surface area contributed by atoms with Gasteiger partial charge in [0, 0.05) is 26.1 Å². The number of likely N-dealkylation sites (tertiary alicyclic amines) is 2. The number of carbonyl (C=O) groups excluding carboxylic acids is 2. The Kier molecular flexibility index (Phi) is 12.1. The fourth-order valence-electron chi connectivity index (χ4n) is 2.88. The van der Waals surface area contributed by atoms with E-state index in [0.29, 0.717) is 13.0 Å². The molecule has 2 fully saturated rings. The summed E-state index contributed by atoms with van der Waals surface area (Å²) in [6.45, 7) is 8.52. The van der Waals surface area contributed by atoms with E-state index in [0.717, 1.165) is 51.7 Å². The minimum Gasteiger partial charge on any atom is -0.369 e. The van der Waals surface area contributed by atoms with Crippen molar-refractivity contribution in [3.63, 3.8) is 0 Å². The van der Waals surface area contributed by atoms with Gasteiger partial charge in [0.05, 0.1) is 12.1 Å². The van der Waals surface area contributed by atoms with Gasteiger partial charge in [-0.3, -0.25) is 14.9 Å². The van der Waals surface area contributed by atoms with Gasteiger partial charge in [-0.05, 0) is 46.5 Å². The van der Waals surface area contributed by atoms with Crippen molar-refractivity contribution in [2.45, 2.75) is 64.8 Å². The lowest BCUT2D eigenvalue weighted by Crippen LogP contribution is -2.41. The van der Waals surface area contributed by atoms with Gasteiger partial charge in [-0.1, -0.05) is 6.42 Å². The van der Waals surface area contributed by atoms with Crippen LogP contribution in [-0.4, -0.2) is 59.3 Å². The summed E-state index contributed by atoms with van der Waals surface area (Å²) in [6.07, 6.45) is 15.7. The van der Waals surface area contributed by atoms with Crippen LogP contribution in [0.3, 0.4) is 0 Å². The van der Waals surface area contributed by atoms with Crippen LogP contribution in [0.5, 0.6) is 0 Å². The van der Waals surface area contributed by atoms with E-state index in [9.17, 15) is 9.59 Å². The Morgan fingerprint density at radius 1 is 1.18 bits per heavy atom. The normalized spacial score (nSPS) is 17.3. The summed E-state index contributed by atoms with van der Waals surface area (Å²) >= 11 is 0. The smallest absolute Gasteiger partial charge is 0.242 e. The molecule has 0 saturated carbocycles. The minimum atomic E-state index is -0.228. The Morgan fingerprint density at radius 2 is 1.75 bits per heavy atom. The number of nitrogens with one attached hydrogen (secondary N) is 1. The molecule has 0 radical (unpaired) electrons. The van der Waals surface area contributed by atoms with E-state index in [1.807, 2.05) is 25.7 Å². The van der Waals surface area contributed by atoms with Crippen molar-refractivity contribution >= 4 is 17.8 Å². The van der Waals surface area contributed by atoms with Crippen molar-refractivity contribution in [3.05, 3.63) is 0 Å². The minimum absolute atomic E-state index is 0.132. The average Bonchev–Trinajstić information content (AvgIpc) is 3.08. The van der Waals surface area contributed by atoms with E-state index < -0.39 is 0 Å². The average molecular weight is 391 g/mol. The third kappa shape index (κ3) is 11.1. The lowest BCUT2D eigenvalue weighted by atomic mass is 10.1. The van der Waals surface area contributed by atoms with Crippen LogP contribution in [0.1, 0.15) is 59.3 Å². The lowest BCUT2D eigenvalue weighted by molar-refractivity contribution is -0.139. The molecule has 2 saturated heterocycles. The van der Waals surface area contributed by atoms with Gasteiger partial charge in [-0.2, -0.15) is 5.26 Å². The number of guanidine groups is 1. The Morgan fingerprint density at radius 3 is 2.29 bits per heavy atom. The first-order chi connectivity index (χ1) is 13.2. The summed E-state index contributed by atoms with van der Waals surface area (Å²) < 4.78 is 0. The van der Waals surface area contributed by atoms with Gasteiger partial charge in [-0.25, -0.2) is 4.99 Å². The zero-order chi connectivity index (χ0) is 21.6. The number of rotatable bonds is 2. The highest BCUT2D eigenvalue weighted by atomic mass is 16.2. The highest BCUT2D eigenvalue weighted by Crippen LogP contribution is 2.13. The van der Waals surface area contributed by atoms with Crippen LogP contribution in [0.25, 0.3) is 0 Å². The summed E-state index contributed by atoms with van der Waals surface area (Å²) in [5, 5.41) is 10.3. The van der Waals surface area contributed by atoms with E-state index in [2.05, 4.69) is 23.2 Å². The Bertz CT molecular complexity index is 580. The molecule has 28 heavy (non-hydrogen) atoms. The van der Waals surface area contributed by atoms with Gasteiger partial charge >= 0.3 is 0 Å². The molecular weight excluding hydrogens is 356 g/mol. The summed E-state index contributed by atoms with van der Waals surface area (Å²) in [4.78, 5) is 31.2. The molecule has 0 aromatic carbocycles. The molecule has 0 bridgehead atoms. The maximum atomic E-state index is 11.9. The SMILES string of the molecule is C#C.CC(C)(C)N=C(N)NC#N.O=C(CN1CCCCCC1=O)N1CCCC1. The molecule has 2 rings (SSSR count). The predicted molar refractivity (Wildman–Crippen MR) is 111 cm³/mol. The number of nitrogens with two attached hydrogens (primary N) is 1.